The summed E-state index contributed by atoms with van der Waals surface area (Å²) in [6.45, 7) is 1.50. The van der Waals surface area contributed by atoms with Gasteiger partial charge in [-0.25, -0.2) is 13.6 Å². The lowest BCUT2D eigenvalue weighted by Crippen LogP contribution is -2.13. The summed E-state index contributed by atoms with van der Waals surface area (Å²) in [7, 11) is -3.16. The molecule has 0 amide bonds. The Morgan fingerprint density at radius 2 is 1.71 bits per heavy atom. The first-order valence-electron chi connectivity index (χ1n) is 1.56. The second kappa shape index (κ2) is 2.92. The monoisotopic (exact) mass is 129 g/mol. The zero-order chi connectivity index (χ0) is 5.21. The van der Waals surface area contributed by atoms with Crippen molar-refractivity contribution in [2.45, 2.75) is 6.92 Å². The lowest BCUT2D eigenvalue weighted by atomic mass is 11.0. The second-order valence-corrected chi connectivity index (χ2v) is 2.85. The average molecular weight is 129 g/mol. The Kier molecular flexibility index (Phi) is 4.16. The van der Waals surface area contributed by atoms with Crippen molar-refractivity contribution in [1.29, 1.82) is 0 Å². The topological polar surface area (TPSA) is 60.2 Å². The highest BCUT2D eigenvalue weighted by Crippen LogP contribution is 1.68. The summed E-state index contributed by atoms with van der Waals surface area (Å²) in [6.07, 6.45) is 0. The molecular weight excluding hydrogens is 121 g/mol. The minimum Gasteiger partial charge on any atom is -0.269 e. The van der Waals surface area contributed by atoms with Gasteiger partial charge < -0.3 is 0 Å². The maximum Gasteiger partial charge on any atom is 0.208 e. The third-order valence-electron chi connectivity index (χ3n) is 0.402. The first-order chi connectivity index (χ1) is 2.56. The van der Waals surface area contributed by atoms with Gasteiger partial charge in [-0.15, -0.1) is 0 Å². The van der Waals surface area contributed by atoms with Crippen LogP contribution < -0.4 is 5.14 Å². The minimum absolute atomic E-state index is 0. The Hall–Kier alpha value is -0.160. The van der Waals surface area contributed by atoms with Crippen LogP contribution in [0.15, 0.2) is 0 Å². The van der Waals surface area contributed by atoms with Gasteiger partial charge in [-0.2, -0.15) is 0 Å². The molecule has 3 nitrogen and oxygen atoms in total. The van der Waals surface area contributed by atoms with E-state index in [2.05, 4.69) is 5.14 Å². The molecule has 0 bridgehead atoms. The minimum atomic E-state index is -3.16. The summed E-state index contributed by atoms with van der Waals surface area (Å²) in [5.41, 5.74) is 0. The average Bonchev–Trinajstić information content (AvgIpc) is 1.35. The van der Waals surface area contributed by atoms with Gasteiger partial charge in [-0.05, 0) is 6.92 Å². The fourth-order valence-corrected chi connectivity index (χ4v) is 0. The van der Waals surface area contributed by atoms with Crippen molar-refractivity contribution in [3.63, 3.8) is 0 Å². The highest BCUT2D eigenvalue weighted by atomic mass is 32.2. The first-order valence-corrected chi connectivity index (χ1v) is 3.28. The molecule has 0 aliphatic heterocycles. The molecule has 0 aliphatic carbocycles. The molecule has 0 unspecified atom stereocenters. The van der Waals surface area contributed by atoms with E-state index >= 15 is 0 Å². The molecule has 5 heteroatoms. The maximum atomic E-state index is 9.78. The summed E-state index contributed by atoms with van der Waals surface area (Å²) >= 11 is 0. The molecule has 0 aliphatic rings. The van der Waals surface area contributed by atoms with E-state index in [1.807, 2.05) is 0 Å². The lowest BCUT2D eigenvalue weighted by Gasteiger charge is -1.81. The predicted molar refractivity (Wildman–Crippen MR) is 26.2 cm³/mol. The molecule has 0 aromatic carbocycles. The summed E-state index contributed by atoms with van der Waals surface area (Å²) in [5, 5.41) is 4.51. The third kappa shape index (κ3) is 10.7. The number of nitrogens with two attached hydrogens (primary N) is 1. The van der Waals surface area contributed by atoms with Crippen molar-refractivity contribution in [3.05, 3.63) is 0 Å². The van der Waals surface area contributed by atoms with Crippen LogP contribution in [0.4, 0.5) is 4.70 Å². The number of hydrogen-bond acceptors (Lipinski definition) is 2. The third-order valence-corrected chi connectivity index (χ3v) is 1.21. The van der Waals surface area contributed by atoms with Gasteiger partial charge in [0, 0.05) is 0 Å². The highest BCUT2D eigenvalue weighted by Gasteiger charge is 1.90. The molecular formula is C2H8FNO2S. The highest BCUT2D eigenvalue weighted by molar-refractivity contribution is 7.89. The van der Waals surface area contributed by atoms with Crippen molar-refractivity contribution in [2.24, 2.45) is 5.14 Å². The standard InChI is InChI=1S/C2H7NO2S.FH/c1-2-6(3,4)5;/h2H2,1H3,(H2,3,4,5);1H. The van der Waals surface area contributed by atoms with Gasteiger partial charge in [-0.1, -0.05) is 0 Å². The van der Waals surface area contributed by atoms with E-state index in [0.717, 1.165) is 0 Å². The van der Waals surface area contributed by atoms with E-state index in [1.165, 1.54) is 6.92 Å². The first kappa shape index (κ1) is 9.96. The van der Waals surface area contributed by atoms with Crippen molar-refractivity contribution >= 4 is 10.0 Å². The number of rotatable bonds is 1. The van der Waals surface area contributed by atoms with Gasteiger partial charge in [0.15, 0.2) is 0 Å². The van der Waals surface area contributed by atoms with Crippen LogP contribution in [0.3, 0.4) is 0 Å². The SMILES string of the molecule is CCS(N)(=O)=O.F. The molecule has 0 rings (SSSR count). The van der Waals surface area contributed by atoms with Crippen LogP contribution in [-0.2, 0) is 10.0 Å². The van der Waals surface area contributed by atoms with E-state index in [4.69, 9.17) is 0 Å². The van der Waals surface area contributed by atoms with Crippen LogP contribution in [0.25, 0.3) is 0 Å². The smallest absolute Gasteiger partial charge is 0.208 e. The molecule has 0 saturated heterocycles. The quantitative estimate of drug-likeness (QED) is 0.516. The predicted octanol–water partition coefficient (Wildman–Crippen LogP) is -0.553. The number of halogens is 1. The largest absolute Gasteiger partial charge is 0.269 e. The van der Waals surface area contributed by atoms with Gasteiger partial charge in [0.1, 0.15) is 0 Å². The molecule has 0 fully saturated rings. The van der Waals surface area contributed by atoms with E-state index < -0.39 is 10.0 Å². The van der Waals surface area contributed by atoms with Crippen LogP contribution >= 0.6 is 0 Å². The molecule has 46 valence electrons. The van der Waals surface area contributed by atoms with Gasteiger partial charge in [0.25, 0.3) is 0 Å². The van der Waals surface area contributed by atoms with Crippen molar-refractivity contribution in [3.8, 4) is 0 Å². The zero-order valence-electron chi connectivity index (χ0n) is 3.92. The van der Waals surface area contributed by atoms with Crippen LogP contribution in [0, 0.1) is 0 Å². The Balaban J connectivity index is 0. The Morgan fingerprint density at radius 1 is 1.57 bits per heavy atom. The fourth-order valence-electron chi connectivity index (χ4n) is 0. The van der Waals surface area contributed by atoms with Crippen LogP contribution in [0.5, 0.6) is 0 Å². The Labute approximate surface area is 41.9 Å². The van der Waals surface area contributed by atoms with Crippen molar-refractivity contribution in [2.75, 3.05) is 5.75 Å². The lowest BCUT2D eigenvalue weighted by molar-refractivity contribution is 0.599. The molecule has 7 heavy (non-hydrogen) atoms. The maximum absolute atomic E-state index is 9.78. The van der Waals surface area contributed by atoms with E-state index in [0.29, 0.717) is 0 Å². The van der Waals surface area contributed by atoms with Gasteiger partial charge >= 0.3 is 0 Å². The van der Waals surface area contributed by atoms with Crippen LogP contribution in [-0.4, -0.2) is 14.2 Å². The molecule has 0 aromatic heterocycles. The fraction of sp³-hybridized carbons (Fsp3) is 1.00. The number of hydrogen-bond donors (Lipinski definition) is 1. The number of sulfonamides is 1. The summed E-state index contributed by atoms with van der Waals surface area (Å²) < 4.78 is 19.6. The summed E-state index contributed by atoms with van der Waals surface area (Å²) in [6, 6.07) is 0. The van der Waals surface area contributed by atoms with Crippen LogP contribution in [0.2, 0.25) is 0 Å². The second-order valence-electron chi connectivity index (χ2n) is 0.952. The zero-order valence-corrected chi connectivity index (χ0v) is 4.73. The summed E-state index contributed by atoms with van der Waals surface area (Å²) in [4.78, 5) is 0. The molecule has 0 saturated carbocycles. The molecule has 0 atom stereocenters. The normalized spacial score (nSPS) is 10.0. The van der Waals surface area contributed by atoms with Gasteiger partial charge in [0.05, 0.1) is 5.75 Å². The molecule has 0 radical (unpaired) electrons. The van der Waals surface area contributed by atoms with E-state index in [1.54, 1.807) is 0 Å². The molecule has 0 heterocycles. The van der Waals surface area contributed by atoms with Crippen molar-refractivity contribution < 1.29 is 13.1 Å². The number of primary sulfonamides is 1. The van der Waals surface area contributed by atoms with Gasteiger partial charge in [-0.3, -0.25) is 4.70 Å². The molecule has 2 N–H and O–H groups in total. The Morgan fingerprint density at radius 3 is 1.71 bits per heavy atom. The van der Waals surface area contributed by atoms with E-state index in [9.17, 15) is 8.42 Å². The Bertz CT molecular complexity index is 118. The molecule has 0 spiro atoms. The van der Waals surface area contributed by atoms with Crippen LogP contribution in [0.1, 0.15) is 6.92 Å². The molecule has 0 aromatic rings. The van der Waals surface area contributed by atoms with Gasteiger partial charge in [0.2, 0.25) is 10.0 Å². The summed E-state index contributed by atoms with van der Waals surface area (Å²) in [5.74, 6) is 0.0208. The van der Waals surface area contributed by atoms with E-state index in [-0.39, 0.29) is 10.5 Å². The van der Waals surface area contributed by atoms with Crippen molar-refractivity contribution in [1.82, 2.24) is 0 Å².